The van der Waals surface area contributed by atoms with Gasteiger partial charge >= 0.3 is 11.9 Å². The molecule has 0 saturated heterocycles. The zero-order valence-corrected chi connectivity index (χ0v) is 40.1. The standard InChI is InChI=1S/C49H83N5O10/c1-7-38(37(2)55)23-18-20-34-50-47(59)44(54(5)6)26-19-21-35-51-46(58)43(53(3)4)25-16-14-15-24-40(56)30-33-42(49(62)63)52-45(57)27-17-12-10-8-9-11-13-22-36-64-41-31-28-39(29-32-41)48(60)61/h28-29,31-32,38,42-44H,7-27,30,33-36H2,1-6H3,(H,50,59)(H,51,58)(H,52,57)(H,60,61)(H,62,63)/t38-,42-,43-,44-/m0/s1. The van der Waals surface area contributed by atoms with Crippen LogP contribution in [0.5, 0.6) is 5.75 Å². The summed E-state index contributed by atoms with van der Waals surface area (Å²) in [5.41, 5.74) is 0.230. The molecule has 64 heavy (non-hydrogen) atoms. The van der Waals surface area contributed by atoms with Crippen molar-refractivity contribution in [3.05, 3.63) is 29.8 Å². The highest BCUT2D eigenvalue weighted by atomic mass is 16.5. The van der Waals surface area contributed by atoms with E-state index in [4.69, 9.17) is 9.84 Å². The normalized spacial score (nSPS) is 13.2. The van der Waals surface area contributed by atoms with Crippen molar-refractivity contribution in [1.82, 2.24) is 25.8 Å². The molecule has 0 heterocycles. The van der Waals surface area contributed by atoms with Gasteiger partial charge in [-0.15, -0.1) is 0 Å². The summed E-state index contributed by atoms with van der Waals surface area (Å²) in [6.07, 6.45) is 16.9. The van der Waals surface area contributed by atoms with Crippen LogP contribution in [0.15, 0.2) is 24.3 Å². The maximum Gasteiger partial charge on any atom is 0.335 e. The molecule has 364 valence electrons. The molecule has 0 aliphatic carbocycles. The summed E-state index contributed by atoms with van der Waals surface area (Å²) >= 11 is 0. The number of nitrogens with zero attached hydrogens (tertiary/aromatic N) is 2. The second-order valence-electron chi connectivity index (χ2n) is 17.6. The van der Waals surface area contributed by atoms with Crippen LogP contribution in [0.4, 0.5) is 0 Å². The third kappa shape index (κ3) is 27.1. The minimum Gasteiger partial charge on any atom is -0.494 e. The first kappa shape index (κ1) is 57.6. The van der Waals surface area contributed by atoms with Gasteiger partial charge in [-0.25, -0.2) is 9.59 Å². The topological polar surface area (TPSA) is 212 Å². The Labute approximate surface area is 383 Å². The monoisotopic (exact) mass is 902 g/mol. The van der Waals surface area contributed by atoms with E-state index in [0.29, 0.717) is 57.6 Å². The zero-order valence-electron chi connectivity index (χ0n) is 40.1. The number of Topliss-reactive ketones (excluding diaryl/α,β-unsaturated/α-hetero) is 2. The Hall–Kier alpha value is -4.37. The van der Waals surface area contributed by atoms with Gasteiger partial charge in [-0.05, 0) is 130 Å². The lowest BCUT2D eigenvalue weighted by atomic mass is 9.95. The largest absolute Gasteiger partial charge is 0.494 e. The van der Waals surface area contributed by atoms with Crippen molar-refractivity contribution in [3.63, 3.8) is 0 Å². The fourth-order valence-electron chi connectivity index (χ4n) is 7.70. The Balaban J connectivity index is 2.19. The van der Waals surface area contributed by atoms with Crippen LogP contribution in [0.1, 0.15) is 172 Å². The van der Waals surface area contributed by atoms with Gasteiger partial charge in [0.25, 0.3) is 0 Å². The Bertz CT molecular complexity index is 1520. The van der Waals surface area contributed by atoms with E-state index in [1.54, 1.807) is 19.1 Å². The summed E-state index contributed by atoms with van der Waals surface area (Å²) in [5, 5.41) is 27.3. The minimum absolute atomic E-state index is 0.000754. The van der Waals surface area contributed by atoms with Crippen LogP contribution in [-0.2, 0) is 28.8 Å². The summed E-state index contributed by atoms with van der Waals surface area (Å²) in [6, 6.07) is 4.72. The number of likely N-dealkylation sites (N-methyl/N-ethyl adjacent to an activating group) is 2. The number of ketones is 2. The van der Waals surface area contributed by atoms with E-state index in [2.05, 4.69) is 16.0 Å². The second kappa shape index (κ2) is 35.0. The molecule has 5 N–H and O–H groups in total. The van der Waals surface area contributed by atoms with E-state index in [9.17, 15) is 38.7 Å². The Kier molecular flexibility index (Phi) is 31.5. The lowest BCUT2D eigenvalue weighted by molar-refractivity contribution is -0.142. The summed E-state index contributed by atoms with van der Waals surface area (Å²) in [7, 11) is 7.53. The first-order valence-electron chi connectivity index (χ1n) is 24.0. The molecular formula is C49H83N5O10. The molecule has 4 atom stereocenters. The van der Waals surface area contributed by atoms with Crippen LogP contribution in [-0.4, -0.2) is 127 Å². The molecule has 0 bridgehead atoms. The molecule has 0 saturated carbocycles. The van der Waals surface area contributed by atoms with Crippen LogP contribution < -0.4 is 20.7 Å². The van der Waals surface area contributed by atoms with Crippen LogP contribution in [0.3, 0.4) is 0 Å². The molecule has 15 nitrogen and oxygen atoms in total. The molecule has 0 radical (unpaired) electrons. The van der Waals surface area contributed by atoms with Crippen LogP contribution in [0.25, 0.3) is 0 Å². The molecule has 0 unspecified atom stereocenters. The lowest BCUT2D eigenvalue weighted by Gasteiger charge is -2.24. The third-order valence-electron chi connectivity index (χ3n) is 11.8. The van der Waals surface area contributed by atoms with E-state index in [1.165, 1.54) is 12.1 Å². The molecule has 0 aliphatic heterocycles. The fraction of sp³-hybridized carbons (Fsp3) is 0.735. The number of carboxylic acid groups (broad SMARTS) is 2. The molecule has 0 fully saturated rings. The van der Waals surface area contributed by atoms with Gasteiger partial charge in [0.2, 0.25) is 17.7 Å². The number of hydrogen-bond donors (Lipinski definition) is 5. The van der Waals surface area contributed by atoms with Gasteiger partial charge in [0.05, 0.1) is 24.3 Å². The Morgan fingerprint density at radius 1 is 0.594 bits per heavy atom. The quantitative estimate of drug-likeness (QED) is 0.0415. The van der Waals surface area contributed by atoms with Crippen molar-refractivity contribution >= 4 is 41.2 Å². The number of carboxylic acids is 2. The van der Waals surface area contributed by atoms with Crippen molar-refractivity contribution in [3.8, 4) is 5.75 Å². The van der Waals surface area contributed by atoms with Gasteiger partial charge < -0.3 is 30.9 Å². The molecule has 1 rings (SSSR count). The number of aromatic carboxylic acids is 1. The number of aliphatic carboxylic acids is 1. The van der Waals surface area contributed by atoms with E-state index in [-0.39, 0.29) is 72.1 Å². The highest BCUT2D eigenvalue weighted by Crippen LogP contribution is 2.16. The Morgan fingerprint density at radius 3 is 1.58 bits per heavy atom. The predicted octanol–water partition coefficient (Wildman–Crippen LogP) is 7.19. The van der Waals surface area contributed by atoms with Crippen LogP contribution in [0.2, 0.25) is 0 Å². The second-order valence-corrected chi connectivity index (χ2v) is 17.6. The van der Waals surface area contributed by atoms with Gasteiger partial charge in [-0.1, -0.05) is 64.7 Å². The summed E-state index contributed by atoms with van der Waals surface area (Å²) in [6.45, 7) is 5.36. The van der Waals surface area contributed by atoms with Crippen molar-refractivity contribution in [2.75, 3.05) is 47.9 Å². The number of carbonyl (C=O) groups is 7. The number of benzene rings is 1. The van der Waals surface area contributed by atoms with Crippen molar-refractivity contribution in [1.29, 1.82) is 0 Å². The number of rotatable bonds is 40. The highest BCUT2D eigenvalue weighted by Gasteiger charge is 2.23. The molecule has 1 aromatic rings. The third-order valence-corrected chi connectivity index (χ3v) is 11.8. The molecule has 15 heteroatoms. The maximum absolute atomic E-state index is 13.0. The zero-order chi connectivity index (χ0) is 47.7. The fourth-order valence-corrected chi connectivity index (χ4v) is 7.70. The van der Waals surface area contributed by atoms with Gasteiger partial charge in [0, 0.05) is 38.3 Å². The first-order valence-corrected chi connectivity index (χ1v) is 24.0. The maximum atomic E-state index is 13.0. The van der Waals surface area contributed by atoms with E-state index < -0.39 is 18.0 Å². The van der Waals surface area contributed by atoms with Crippen LogP contribution in [0, 0.1) is 5.92 Å². The van der Waals surface area contributed by atoms with Crippen molar-refractivity contribution in [2.45, 2.75) is 180 Å². The van der Waals surface area contributed by atoms with Gasteiger partial charge in [0.1, 0.15) is 23.4 Å². The number of carbonyl (C=O) groups excluding carboxylic acids is 5. The molecule has 0 spiro atoms. The Morgan fingerprint density at radius 2 is 1.08 bits per heavy atom. The average Bonchev–Trinajstić information content (AvgIpc) is 3.24. The molecule has 0 aliphatic rings. The molecule has 3 amide bonds. The van der Waals surface area contributed by atoms with E-state index in [0.717, 1.165) is 96.3 Å². The van der Waals surface area contributed by atoms with Crippen LogP contribution >= 0.6 is 0 Å². The van der Waals surface area contributed by atoms with E-state index >= 15 is 0 Å². The number of ether oxygens (including phenoxy) is 1. The molecule has 1 aromatic carbocycles. The van der Waals surface area contributed by atoms with Crippen molar-refractivity contribution < 1.29 is 48.5 Å². The van der Waals surface area contributed by atoms with Gasteiger partial charge in [-0.3, -0.25) is 33.8 Å². The molecule has 0 aromatic heterocycles. The number of amides is 3. The smallest absolute Gasteiger partial charge is 0.335 e. The summed E-state index contributed by atoms with van der Waals surface area (Å²) < 4.78 is 5.67. The SMILES string of the molecule is CC[C@@H](CCCCNC(=O)[C@H](CCCCNC(=O)[C@H](CCCCCC(=O)CC[C@H](NC(=O)CCCCCCCCCCOc1ccc(C(=O)O)cc1)C(=O)O)N(C)C)N(C)C)C(C)=O. The number of nitrogens with one attached hydrogen (secondary N) is 3. The lowest BCUT2D eigenvalue weighted by Crippen LogP contribution is -2.44. The van der Waals surface area contributed by atoms with Crippen molar-refractivity contribution in [2.24, 2.45) is 5.92 Å². The van der Waals surface area contributed by atoms with Gasteiger partial charge in [0.15, 0.2) is 0 Å². The predicted molar refractivity (Wildman–Crippen MR) is 250 cm³/mol. The summed E-state index contributed by atoms with van der Waals surface area (Å²) in [4.78, 5) is 89.2. The highest BCUT2D eigenvalue weighted by molar-refractivity contribution is 5.87. The summed E-state index contributed by atoms with van der Waals surface area (Å²) in [5.74, 6) is -1.52. The average molecular weight is 902 g/mol. The molecular weight excluding hydrogens is 819 g/mol. The number of unbranched alkanes of at least 4 members (excludes halogenated alkanes) is 11. The van der Waals surface area contributed by atoms with Gasteiger partial charge in [-0.2, -0.15) is 0 Å². The number of hydrogen-bond acceptors (Lipinski definition) is 10. The first-order chi connectivity index (χ1) is 30.6. The minimum atomic E-state index is -1.15. The van der Waals surface area contributed by atoms with E-state index in [1.807, 2.05) is 44.9 Å².